The Morgan fingerprint density at radius 3 is 2.59 bits per heavy atom. The molecule has 6 heteroatoms. The maximum absolute atomic E-state index is 11.2. The highest BCUT2D eigenvalue weighted by atomic mass is 32.2. The minimum atomic E-state index is -3.00. The van der Waals surface area contributed by atoms with Gasteiger partial charge in [0.15, 0.2) is 0 Å². The highest BCUT2D eigenvalue weighted by Crippen LogP contribution is 2.16. The molecule has 3 N–H and O–H groups in total. The molecule has 0 aliphatic heterocycles. The predicted octanol–water partition coefficient (Wildman–Crippen LogP) is 1.17. The van der Waals surface area contributed by atoms with Crippen LogP contribution in [0.1, 0.15) is 12.5 Å². The van der Waals surface area contributed by atoms with Gasteiger partial charge in [-0.2, -0.15) is 0 Å². The average Bonchev–Trinajstić information content (AvgIpc) is 2.14. The van der Waals surface area contributed by atoms with Gasteiger partial charge in [0.25, 0.3) is 0 Å². The molecular formula is C11H16N2O2S2. The fourth-order valence-electron chi connectivity index (χ4n) is 1.59. The van der Waals surface area contributed by atoms with Crippen LogP contribution in [0.4, 0.5) is 5.69 Å². The first-order chi connectivity index (χ1) is 7.79. The molecule has 0 bridgehead atoms. The summed E-state index contributed by atoms with van der Waals surface area (Å²) in [5, 5.41) is 3.10. The van der Waals surface area contributed by atoms with Crippen LogP contribution in [0.2, 0.25) is 0 Å². The molecule has 1 unspecified atom stereocenters. The van der Waals surface area contributed by atoms with Crippen molar-refractivity contribution in [2.24, 2.45) is 5.73 Å². The van der Waals surface area contributed by atoms with E-state index in [1.165, 1.54) is 6.26 Å². The van der Waals surface area contributed by atoms with Gasteiger partial charge in [-0.15, -0.1) is 0 Å². The number of benzene rings is 1. The predicted molar refractivity (Wildman–Crippen MR) is 75.1 cm³/mol. The van der Waals surface area contributed by atoms with E-state index < -0.39 is 9.84 Å². The minimum absolute atomic E-state index is 0.0681. The molecule has 0 heterocycles. The van der Waals surface area contributed by atoms with Gasteiger partial charge in [-0.05, 0) is 19.1 Å². The van der Waals surface area contributed by atoms with Crippen LogP contribution in [0, 0.1) is 0 Å². The summed E-state index contributed by atoms with van der Waals surface area (Å²) in [6, 6.07) is 7.11. The van der Waals surface area contributed by atoms with Crippen molar-refractivity contribution in [1.82, 2.24) is 0 Å². The van der Waals surface area contributed by atoms with Gasteiger partial charge >= 0.3 is 0 Å². The number of para-hydroxylation sites is 1. The first-order valence-electron chi connectivity index (χ1n) is 5.12. The summed E-state index contributed by atoms with van der Waals surface area (Å²) < 4.78 is 22.3. The Morgan fingerprint density at radius 2 is 2.06 bits per heavy atom. The highest BCUT2D eigenvalue weighted by molar-refractivity contribution is 7.90. The van der Waals surface area contributed by atoms with E-state index in [9.17, 15) is 8.42 Å². The summed E-state index contributed by atoms with van der Waals surface area (Å²) >= 11 is 4.93. The van der Waals surface area contributed by atoms with E-state index in [4.69, 9.17) is 18.0 Å². The monoisotopic (exact) mass is 272 g/mol. The van der Waals surface area contributed by atoms with Crippen molar-refractivity contribution in [3.05, 3.63) is 29.8 Å². The summed E-state index contributed by atoms with van der Waals surface area (Å²) in [7, 11) is -3.00. The standard InChI is InChI=1S/C11H16N2O2S2/c1-8(7-17(2,14)15)13-10-6-4-3-5-9(10)11(12)16/h3-6,8,13H,7H2,1-2H3,(H2,12,16). The van der Waals surface area contributed by atoms with E-state index in [1.807, 2.05) is 18.2 Å². The highest BCUT2D eigenvalue weighted by Gasteiger charge is 2.12. The van der Waals surface area contributed by atoms with Crippen LogP contribution in [0.5, 0.6) is 0 Å². The molecular weight excluding hydrogens is 256 g/mol. The van der Waals surface area contributed by atoms with E-state index in [-0.39, 0.29) is 11.8 Å². The van der Waals surface area contributed by atoms with Crippen LogP contribution in [0.25, 0.3) is 0 Å². The first-order valence-corrected chi connectivity index (χ1v) is 7.59. The lowest BCUT2D eigenvalue weighted by Crippen LogP contribution is -2.26. The minimum Gasteiger partial charge on any atom is -0.389 e. The van der Waals surface area contributed by atoms with Gasteiger partial charge in [0, 0.05) is 23.5 Å². The Labute approximate surface area is 107 Å². The average molecular weight is 272 g/mol. The van der Waals surface area contributed by atoms with Gasteiger partial charge in [-0.1, -0.05) is 24.4 Å². The molecule has 0 saturated heterocycles. The third-order valence-corrected chi connectivity index (χ3v) is 3.47. The van der Waals surface area contributed by atoms with Crippen LogP contribution in [-0.4, -0.2) is 31.5 Å². The van der Waals surface area contributed by atoms with E-state index in [2.05, 4.69) is 5.32 Å². The summed E-state index contributed by atoms with van der Waals surface area (Å²) in [6.45, 7) is 1.80. The normalized spacial score (nSPS) is 13.1. The largest absolute Gasteiger partial charge is 0.389 e. The lowest BCUT2D eigenvalue weighted by Gasteiger charge is -2.16. The fraction of sp³-hybridized carbons (Fsp3) is 0.364. The van der Waals surface area contributed by atoms with Crippen molar-refractivity contribution in [2.75, 3.05) is 17.3 Å². The zero-order chi connectivity index (χ0) is 13.1. The molecule has 1 aromatic carbocycles. The van der Waals surface area contributed by atoms with E-state index >= 15 is 0 Å². The molecule has 1 atom stereocenters. The number of sulfone groups is 1. The number of nitrogens with one attached hydrogen (secondary N) is 1. The van der Waals surface area contributed by atoms with Crippen molar-refractivity contribution >= 4 is 32.7 Å². The Bertz CT molecular complexity index is 512. The zero-order valence-corrected chi connectivity index (χ0v) is 11.4. The molecule has 17 heavy (non-hydrogen) atoms. The topological polar surface area (TPSA) is 72.2 Å². The number of rotatable bonds is 5. The van der Waals surface area contributed by atoms with E-state index in [1.54, 1.807) is 13.0 Å². The molecule has 0 aliphatic rings. The van der Waals surface area contributed by atoms with Crippen molar-refractivity contribution in [3.8, 4) is 0 Å². The number of nitrogens with two attached hydrogens (primary N) is 1. The second kappa shape index (κ2) is 5.46. The van der Waals surface area contributed by atoms with Crippen LogP contribution >= 0.6 is 12.2 Å². The fourth-order valence-corrected chi connectivity index (χ4v) is 2.75. The number of thiocarbonyl (C=S) groups is 1. The van der Waals surface area contributed by atoms with Crippen LogP contribution in [0.15, 0.2) is 24.3 Å². The molecule has 0 amide bonds. The maximum atomic E-state index is 11.2. The van der Waals surface area contributed by atoms with Gasteiger partial charge in [-0.25, -0.2) is 8.42 Å². The lowest BCUT2D eigenvalue weighted by atomic mass is 10.1. The van der Waals surface area contributed by atoms with Gasteiger partial charge in [0.1, 0.15) is 14.8 Å². The Kier molecular flexibility index (Phi) is 4.47. The number of anilines is 1. The quantitative estimate of drug-likeness (QED) is 0.787. The van der Waals surface area contributed by atoms with Gasteiger partial charge in [0.2, 0.25) is 0 Å². The second-order valence-corrected chi connectivity index (χ2v) is 6.67. The lowest BCUT2D eigenvalue weighted by molar-refractivity contribution is 0.598. The molecule has 1 rings (SSSR count). The molecule has 0 aromatic heterocycles. The smallest absolute Gasteiger partial charge is 0.149 e. The molecule has 0 saturated carbocycles. The third kappa shape index (κ3) is 4.70. The Hall–Kier alpha value is -1.14. The van der Waals surface area contributed by atoms with Crippen molar-refractivity contribution in [3.63, 3.8) is 0 Å². The van der Waals surface area contributed by atoms with Crippen LogP contribution < -0.4 is 11.1 Å². The third-order valence-electron chi connectivity index (χ3n) is 2.15. The van der Waals surface area contributed by atoms with E-state index in [0.29, 0.717) is 4.99 Å². The number of hydrogen-bond acceptors (Lipinski definition) is 4. The Morgan fingerprint density at radius 1 is 1.47 bits per heavy atom. The molecule has 0 spiro atoms. The molecule has 1 aromatic rings. The molecule has 0 radical (unpaired) electrons. The molecule has 4 nitrogen and oxygen atoms in total. The van der Waals surface area contributed by atoms with Gasteiger partial charge < -0.3 is 11.1 Å². The van der Waals surface area contributed by atoms with Crippen molar-refractivity contribution in [2.45, 2.75) is 13.0 Å². The van der Waals surface area contributed by atoms with Gasteiger partial charge in [-0.3, -0.25) is 0 Å². The summed E-state index contributed by atoms with van der Waals surface area (Å²) in [5.41, 5.74) is 7.08. The molecule has 0 fully saturated rings. The first kappa shape index (κ1) is 13.9. The van der Waals surface area contributed by atoms with Crippen LogP contribution in [0.3, 0.4) is 0 Å². The van der Waals surface area contributed by atoms with Gasteiger partial charge in [0.05, 0.1) is 5.75 Å². The summed E-state index contributed by atoms with van der Waals surface area (Å²) in [5.74, 6) is 0.0681. The van der Waals surface area contributed by atoms with Crippen molar-refractivity contribution in [1.29, 1.82) is 0 Å². The molecule has 0 aliphatic carbocycles. The summed E-state index contributed by atoms with van der Waals surface area (Å²) in [6.07, 6.45) is 1.21. The SMILES string of the molecule is CC(CS(C)(=O)=O)Nc1ccccc1C(N)=S. The zero-order valence-electron chi connectivity index (χ0n) is 9.80. The maximum Gasteiger partial charge on any atom is 0.149 e. The van der Waals surface area contributed by atoms with Crippen LogP contribution in [-0.2, 0) is 9.84 Å². The molecule has 94 valence electrons. The summed E-state index contributed by atoms with van der Waals surface area (Å²) in [4.78, 5) is 0.291. The number of hydrogen-bond donors (Lipinski definition) is 2. The van der Waals surface area contributed by atoms with E-state index in [0.717, 1.165) is 11.3 Å². The second-order valence-electron chi connectivity index (χ2n) is 4.05. The Balaban J connectivity index is 2.85. The van der Waals surface area contributed by atoms with Crippen molar-refractivity contribution < 1.29 is 8.42 Å².